The third-order valence-corrected chi connectivity index (χ3v) is 5.93. The van der Waals surface area contributed by atoms with Gasteiger partial charge in [-0.25, -0.2) is 0 Å². The number of rotatable bonds is 7. The fourth-order valence-corrected chi connectivity index (χ4v) is 4.29. The van der Waals surface area contributed by atoms with Crippen LogP contribution >= 0.6 is 11.6 Å². The molecule has 1 aromatic heterocycles. The quantitative estimate of drug-likeness (QED) is 0.571. The molecule has 5 heteroatoms. The van der Waals surface area contributed by atoms with Gasteiger partial charge >= 0.3 is 0 Å². The summed E-state index contributed by atoms with van der Waals surface area (Å²) >= 11 is 6.07. The van der Waals surface area contributed by atoms with Crippen molar-refractivity contribution in [1.82, 2.24) is 9.88 Å². The van der Waals surface area contributed by atoms with Crippen molar-refractivity contribution in [2.75, 3.05) is 44.7 Å². The molecule has 0 atom stereocenters. The zero-order valence-corrected chi connectivity index (χ0v) is 17.2. The number of H-pyrrole nitrogens is 1. The highest BCUT2D eigenvalue weighted by Crippen LogP contribution is 2.28. The number of aryl methyl sites for hydroxylation is 1. The lowest BCUT2D eigenvalue weighted by Crippen LogP contribution is -2.46. The Balaban J connectivity index is 1.22. The minimum Gasteiger partial charge on any atom is -0.495 e. The summed E-state index contributed by atoms with van der Waals surface area (Å²) in [6.45, 7) is 5.52. The van der Waals surface area contributed by atoms with E-state index in [4.69, 9.17) is 16.3 Å². The number of benzene rings is 2. The summed E-state index contributed by atoms with van der Waals surface area (Å²) in [6.07, 6.45) is 5.69. The van der Waals surface area contributed by atoms with Crippen molar-refractivity contribution in [3.63, 3.8) is 0 Å². The van der Waals surface area contributed by atoms with Crippen molar-refractivity contribution < 1.29 is 4.74 Å². The molecule has 28 heavy (non-hydrogen) atoms. The Morgan fingerprint density at radius 3 is 2.68 bits per heavy atom. The lowest BCUT2D eigenvalue weighted by Gasteiger charge is -2.36. The zero-order valence-electron chi connectivity index (χ0n) is 16.5. The molecule has 0 radical (unpaired) electrons. The molecule has 1 fully saturated rings. The molecule has 1 saturated heterocycles. The summed E-state index contributed by atoms with van der Waals surface area (Å²) < 4.78 is 5.51. The van der Waals surface area contributed by atoms with E-state index in [0.717, 1.165) is 48.9 Å². The second-order valence-electron chi connectivity index (χ2n) is 7.46. The van der Waals surface area contributed by atoms with Crippen LogP contribution in [0.5, 0.6) is 5.75 Å². The molecule has 1 N–H and O–H groups in total. The van der Waals surface area contributed by atoms with Crippen molar-refractivity contribution in [3.8, 4) is 5.75 Å². The number of para-hydroxylation sites is 2. The molecule has 4 nitrogen and oxygen atoms in total. The fourth-order valence-electron chi connectivity index (χ4n) is 4.12. The lowest BCUT2D eigenvalue weighted by atomic mass is 10.1. The monoisotopic (exact) mass is 397 g/mol. The minimum atomic E-state index is 0.785. The van der Waals surface area contributed by atoms with Gasteiger partial charge in [0.05, 0.1) is 12.8 Å². The number of methoxy groups -OCH3 is 1. The summed E-state index contributed by atoms with van der Waals surface area (Å²) in [4.78, 5) is 8.36. The van der Waals surface area contributed by atoms with Gasteiger partial charge in [-0.05, 0) is 55.6 Å². The van der Waals surface area contributed by atoms with E-state index >= 15 is 0 Å². The van der Waals surface area contributed by atoms with Crippen LogP contribution in [0.15, 0.2) is 48.7 Å². The molecule has 0 amide bonds. The highest BCUT2D eigenvalue weighted by Gasteiger charge is 2.19. The van der Waals surface area contributed by atoms with Crippen LogP contribution in [0.25, 0.3) is 10.9 Å². The highest BCUT2D eigenvalue weighted by molar-refractivity contribution is 6.31. The first-order chi connectivity index (χ1) is 13.7. The summed E-state index contributed by atoms with van der Waals surface area (Å²) in [7, 11) is 1.75. The smallest absolute Gasteiger partial charge is 0.142 e. The number of aromatic nitrogens is 1. The number of anilines is 1. The number of hydrogen-bond acceptors (Lipinski definition) is 3. The summed E-state index contributed by atoms with van der Waals surface area (Å²) in [5, 5.41) is 2.09. The SMILES string of the molecule is COc1ccccc1N1CCN(CCCCc2c[nH]c3cc(Cl)ccc23)CC1. The van der Waals surface area contributed by atoms with Gasteiger partial charge in [0.1, 0.15) is 5.75 Å². The van der Waals surface area contributed by atoms with Crippen molar-refractivity contribution in [2.45, 2.75) is 19.3 Å². The lowest BCUT2D eigenvalue weighted by molar-refractivity contribution is 0.252. The molecule has 2 heterocycles. The van der Waals surface area contributed by atoms with E-state index in [2.05, 4.69) is 39.2 Å². The Bertz CT molecular complexity index is 915. The van der Waals surface area contributed by atoms with Gasteiger partial charge in [0.25, 0.3) is 0 Å². The maximum Gasteiger partial charge on any atom is 0.142 e. The number of nitrogens with one attached hydrogen (secondary N) is 1. The van der Waals surface area contributed by atoms with Gasteiger partial charge < -0.3 is 14.6 Å². The van der Waals surface area contributed by atoms with Crippen LogP contribution in [-0.4, -0.2) is 49.7 Å². The molecule has 0 aliphatic carbocycles. The average molecular weight is 398 g/mol. The first kappa shape index (κ1) is 19.2. The van der Waals surface area contributed by atoms with E-state index in [9.17, 15) is 0 Å². The molecule has 0 unspecified atom stereocenters. The predicted octanol–water partition coefficient (Wildman–Crippen LogP) is 4.97. The Hall–Kier alpha value is -2.17. The van der Waals surface area contributed by atoms with Crippen molar-refractivity contribution in [1.29, 1.82) is 0 Å². The molecule has 1 aliphatic heterocycles. The Morgan fingerprint density at radius 2 is 1.86 bits per heavy atom. The Labute approximate surface area is 172 Å². The Morgan fingerprint density at radius 1 is 1.04 bits per heavy atom. The minimum absolute atomic E-state index is 0.785. The van der Waals surface area contributed by atoms with E-state index in [1.165, 1.54) is 36.0 Å². The number of unbranched alkanes of at least 4 members (excludes halogenated alkanes) is 1. The molecule has 0 bridgehead atoms. The molecule has 148 valence electrons. The molecular weight excluding hydrogens is 370 g/mol. The maximum atomic E-state index is 6.07. The van der Waals surface area contributed by atoms with Gasteiger partial charge in [0.2, 0.25) is 0 Å². The third kappa shape index (κ3) is 4.29. The largest absolute Gasteiger partial charge is 0.495 e. The van der Waals surface area contributed by atoms with Gasteiger partial charge in [-0.2, -0.15) is 0 Å². The first-order valence-electron chi connectivity index (χ1n) is 10.1. The summed E-state index contributed by atoms with van der Waals surface area (Å²) in [5.74, 6) is 0.968. The van der Waals surface area contributed by atoms with Crippen LogP contribution in [0.1, 0.15) is 18.4 Å². The standard InChI is InChI=1S/C23H28ClN3O/c1-28-23-8-3-2-7-22(23)27-14-12-26(13-15-27)11-5-4-6-18-17-25-21-16-19(24)9-10-20(18)21/h2-3,7-10,16-17,25H,4-6,11-15H2,1H3. The molecule has 3 aromatic rings. The van der Waals surface area contributed by atoms with Crippen LogP contribution in [0, 0.1) is 0 Å². The predicted molar refractivity (Wildman–Crippen MR) is 118 cm³/mol. The van der Waals surface area contributed by atoms with Gasteiger partial charge in [0, 0.05) is 48.3 Å². The first-order valence-corrected chi connectivity index (χ1v) is 10.5. The third-order valence-electron chi connectivity index (χ3n) is 5.70. The number of fused-ring (bicyclic) bond motifs is 1. The highest BCUT2D eigenvalue weighted by atomic mass is 35.5. The van der Waals surface area contributed by atoms with E-state index in [1.54, 1.807) is 7.11 Å². The van der Waals surface area contributed by atoms with Gasteiger partial charge in [0.15, 0.2) is 0 Å². The molecular formula is C23H28ClN3O. The number of halogens is 1. The van der Waals surface area contributed by atoms with Gasteiger partial charge in [-0.1, -0.05) is 29.8 Å². The second-order valence-corrected chi connectivity index (χ2v) is 7.90. The molecule has 0 saturated carbocycles. The molecule has 2 aromatic carbocycles. The number of aromatic amines is 1. The van der Waals surface area contributed by atoms with Crippen LogP contribution in [0.3, 0.4) is 0 Å². The average Bonchev–Trinajstić information content (AvgIpc) is 3.13. The van der Waals surface area contributed by atoms with Gasteiger partial charge in [-0.15, -0.1) is 0 Å². The zero-order chi connectivity index (χ0) is 19.3. The van der Waals surface area contributed by atoms with Crippen molar-refractivity contribution in [2.24, 2.45) is 0 Å². The second kappa shape index (κ2) is 8.89. The number of nitrogens with zero attached hydrogens (tertiary/aromatic N) is 2. The number of ether oxygens (including phenoxy) is 1. The maximum absolute atomic E-state index is 6.07. The Kier molecular flexibility index (Phi) is 6.08. The summed E-state index contributed by atoms with van der Waals surface area (Å²) in [5.41, 5.74) is 3.74. The number of hydrogen-bond donors (Lipinski definition) is 1. The molecule has 4 rings (SSSR count). The van der Waals surface area contributed by atoms with Crippen LogP contribution < -0.4 is 9.64 Å². The topological polar surface area (TPSA) is 31.5 Å². The fraction of sp³-hybridized carbons (Fsp3) is 0.391. The van der Waals surface area contributed by atoms with E-state index in [0.29, 0.717) is 0 Å². The number of piperazine rings is 1. The van der Waals surface area contributed by atoms with E-state index < -0.39 is 0 Å². The normalized spacial score (nSPS) is 15.3. The van der Waals surface area contributed by atoms with E-state index in [-0.39, 0.29) is 0 Å². The van der Waals surface area contributed by atoms with Crippen molar-refractivity contribution in [3.05, 3.63) is 59.2 Å². The molecule has 1 aliphatic rings. The van der Waals surface area contributed by atoms with Crippen molar-refractivity contribution >= 4 is 28.2 Å². The van der Waals surface area contributed by atoms with E-state index in [1.807, 2.05) is 24.3 Å². The van der Waals surface area contributed by atoms with Crippen LogP contribution in [0.2, 0.25) is 5.02 Å². The summed E-state index contributed by atoms with van der Waals surface area (Å²) in [6, 6.07) is 14.4. The van der Waals surface area contributed by atoms with Gasteiger partial charge in [-0.3, -0.25) is 4.90 Å². The van der Waals surface area contributed by atoms with Crippen LogP contribution in [-0.2, 0) is 6.42 Å². The molecule has 0 spiro atoms. The van der Waals surface area contributed by atoms with Crippen LogP contribution in [0.4, 0.5) is 5.69 Å².